The summed E-state index contributed by atoms with van der Waals surface area (Å²) in [7, 11) is 1.87. The molecule has 27 heavy (non-hydrogen) atoms. The average Bonchev–Trinajstić information content (AvgIpc) is 2.62. The van der Waals surface area contributed by atoms with E-state index in [-0.39, 0.29) is 23.5 Å². The molecule has 2 aromatic carbocycles. The van der Waals surface area contributed by atoms with Gasteiger partial charge in [0.1, 0.15) is 12.3 Å². The lowest BCUT2D eigenvalue weighted by molar-refractivity contribution is -0.907. The predicted molar refractivity (Wildman–Crippen MR) is 98.2 cm³/mol. The lowest BCUT2D eigenvalue weighted by Gasteiger charge is -2.21. The Bertz CT molecular complexity index is 794. The van der Waals surface area contributed by atoms with Gasteiger partial charge in [0.15, 0.2) is 11.8 Å². The van der Waals surface area contributed by atoms with Gasteiger partial charge in [-0.1, -0.05) is 12.1 Å². The summed E-state index contributed by atoms with van der Waals surface area (Å²) < 4.78 is 28.7. The van der Waals surface area contributed by atoms with E-state index < -0.39 is 6.61 Å². The van der Waals surface area contributed by atoms with Crippen LogP contribution >= 0.6 is 0 Å². The van der Waals surface area contributed by atoms with Gasteiger partial charge in [0.25, 0.3) is 5.91 Å². The third kappa shape index (κ3) is 6.14. The molecule has 0 aliphatic carbocycles. The molecule has 1 unspecified atom stereocenters. The van der Waals surface area contributed by atoms with E-state index in [9.17, 15) is 18.4 Å². The second kappa shape index (κ2) is 9.23. The van der Waals surface area contributed by atoms with Crippen LogP contribution in [0.25, 0.3) is 0 Å². The van der Waals surface area contributed by atoms with E-state index in [1.54, 1.807) is 43.3 Å². The number of carbonyl (C=O) groups is 2. The fourth-order valence-corrected chi connectivity index (χ4v) is 2.55. The maximum absolute atomic E-state index is 12.5. The van der Waals surface area contributed by atoms with Gasteiger partial charge in [-0.25, -0.2) is 0 Å². The summed E-state index contributed by atoms with van der Waals surface area (Å²) in [6, 6.07) is 12.8. The van der Waals surface area contributed by atoms with Crippen molar-refractivity contribution in [1.82, 2.24) is 0 Å². The fourth-order valence-electron chi connectivity index (χ4n) is 2.55. The predicted octanol–water partition coefficient (Wildman–Crippen LogP) is 2.53. The highest BCUT2D eigenvalue weighted by atomic mass is 19.3. The number of likely N-dealkylation sites (N-methyl/N-ethyl adjacent to an activating group) is 1. The number of anilines is 1. The number of rotatable bonds is 8. The Morgan fingerprint density at radius 2 is 1.81 bits per heavy atom. The van der Waals surface area contributed by atoms with Crippen molar-refractivity contribution in [2.24, 2.45) is 0 Å². The summed E-state index contributed by atoms with van der Waals surface area (Å²) in [5.74, 6) is -0.144. The second-order valence-electron chi connectivity index (χ2n) is 6.39. The summed E-state index contributed by atoms with van der Waals surface area (Å²) in [5, 5.41) is 2.82. The molecule has 1 amide bonds. The first-order valence-electron chi connectivity index (χ1n) is 8.54. The first kappa shape index (κ1) is 20.5. The summed E-state index contributed by atoms with van der Waals surface area (Å²) in [6.45, 7) is 0.957. The van der Waals surface area contributed by atoms with E-state index in [1.165, 1.54) is 19.1 Å². The number of ether oxygens (including phenoxy) is 1. The molecule has 0 saturated heterocycles. The minimum atomic E-state index is -2.85. The Morgan fingerprint density at radius 3 is 2.41 bits per heavy atom. The number of nitrogens with one attached hydrogen (secondary N) is 2. The highest BCUT2D eigenvalue weighted by Crippen LogP contribution is 2.14. The van der Waals surface area contributed by atoms with Gasteiger partial charge in [-0.15, -0.1) is 0 Å². The van der Waals surface area contributed by atoms with Crippen LogP contribution in [0.1, 0.15) is 29.8 Å². The van der Waals surface area contributed by atoms with Crippen LogP contribution in [0.2, 0.25) is 0 Å². The van der Waals surface area contributed by atoms with Crippen LogP contribution in [-0.2, 0) is 11.3 Å². The van der Waals surface area contributed by atoms with E-state index >= 15 is 0 Å². The standard InChI is InChI=1S/C20H22F2N2O3/c1-13(19(26)23-17-6-4-5-16(11-17)14(2)25)24(3)12-15-7-9-18(10-8-15)27-20(21)22/h4-11,13,20H,12H2,1-3H3,(H,23,26)/p+1/t13-/m1/s1. The van der Waals surface area contributed by atoms with Crippen molar-refractivity contribution in [3.8, 4) is 5.75 Å². The number of hydrogen-bond donors (Lipinski definition) is 2. The smallest absolute Gasteiger partial charge is 0.387 e. The van der Waals surface area contributed by atoms with Gasteiger partial charge in [0, 0.05) is 16.8 Å². The molecule has 2 atom stereocenters. The zero-order valence-electron chi connectivity index (χ0n) is 15.5. The Hall–Kier alpha value is -2.80. The molecule has 0 aliphatic rings. The molecule has 144 valence electrons. The average molecular weight is 377 g/mol. The largest absolute Gasteiger partial charge is 0.435 e. The monoisotopic (exact) mass is 377 g/mol. The summed E-state index contributed by atoms with van der Waals surface area (Å²) in [6.07, 6.45) is 0. The van der Waals surface area contributed by atoms with Crippen LogP contribution in [-0.4, -0.2) is 31.4 Å². The van der Waals surface area contributed by atoms with Crippen molar-refractivity contribution in [2.45, 2.75) is 33.0 Å². The molecule has 2 N–H and O–H groups in total. The Kier molecular flexibility index (Phi) is 7.01. The van der Waals surface area contributed by atoms with Crippen molar-refractivity contribution in [3.05, 3.63) is 59.7 Å². The van der Waals surface area contributed by atoms with Crippen molar-refractivity contribution < 1.29 is 28.0 Å². The molecule has 0 aliphatic heterocycles. The van der Waals surface area contributed by atoms with Gasteiger partial charge in [0.2, 0.25) is 0 Å². The lowest BCUT2D eigenvalue weighted by Crippen LogP contribution is -3.12. The summed E-state index contributed by atoms with van der Waals surface area (Å²) in [5.41, 5.74) is 2.00. The van der Waals surface area contributed by atoms with E-state index in [1.807, 2.05) is 7.05 Å². The van der Waals surface area contributed by atoms with E-state index in [0.717, 1.165) is 10.5 Å². The number of carbonyl (C=O) groups excluding carboxylic acids is 2. The zero-order chi connectivity index (χ0) is 20.0. The number of ketones is 1. The van der Waals surface area contributed by atoms with Crippen molar-refractivity contribution in [1.29, 1.82) is 0 Å². The third-order valence-corrected chi connectivity index (χ3v) is 4.30. The highest BCUT2D eigenvalue weighted by molar-refractivity contribution is 5.97. The Morgan fingerprint density at radius 1 is 1.15 bits per heavy atom. The molecule has 2 aromatic rings. The van der Waals surface area contributed by atoms with Crippen molar-refractivity contribution in [3.63, 3.8) is 0 Å². The first-order chi connectivity index (χ1) is 12.8. The van der Waals surface area contributed by atoms with Crippen molar-refractivity contribution in [2.75, 3.05) is 12.4 Å². The Labute approximate surface area is 156 Å². The summed E-state index contributed by atoms with van der Waals surface area (Å²) in [4.78, 5) is 24.9. The first-order valence-corrected chi connectivity index (χ1v) is 8.54. The molecule has 0 aromatic heterocycles. The van der Waals surface area contributed by atoms with Gasteiger partial charge in [-0.05, 0) is 50.2 Å². The van der Waals surface area contributed by atoms with Gasteiger partial charge >= 0.3 is 6.61 Å². The van der Waals surface area contributed by atoms with E-state index in [0.29, 0.717) is 17.8 Å². The number of amides is 1. The van der Waals surface area contributed by atoms with Crippen molar-refractivity contribution >= 4 is 17.4 Å². The minimum Gasteiger partial charge on any atom is -0.435 e. The highest BCUT2D eigenvalue weighted by Gasteiger charge is 2.22. The molecule has 2 rings (SSSR count). The maximum Gasteiger partial charge on any atom is 0.387 e. The van der Waals surface area contributed by atoms with Crippen LogP contribution in [0.4, 0.5) is 14.5 Å². The van der Waals surface area contributed by atoms with E-state index in [2.05, 4.69) is 10.1 Å². The molecular weight excluding hydrogens is 354 g/mol. The SMILES string of the molecule is CC(=O)c1cccc(NC(=O)[C@@H](C)[NH+](C)Cc2ccc(OC(F)F)cc2)c1. The molecule has 7 heteroatoms. The summed E-state index contributed by atoms with van der Waals surface area (Å²) >= 11 is 0. The van der Waals surface area contributed by atoms with Gasteiger partial charge in [-0.2, -0.15) is 8.78 Å². The lowest BCUT2D eigenvalue weighted by atomic mass is 10.1. The normalized spacial score (nSPS) is 13.1. The van der Waals surface area contributed by atoms with E-state index in [4.69, 9.17) is 0 Å². The molecule has 0 saturated carbocycles. The molecule has 5 nitrogen and oxygen atoms in total. The quantitative estimate of drug-likeness (QED) is 0.695. The van der Waals surface area contributed by atoms with Gasteiger partial charge < -0.3 is 15.0 Å². The Balaban J connectivity index is 1.95. The maximum atomic E-state index is 12.5. The second-order valence-corrected chi connectivity index (χ2v) is 6.39. The van der Waals surface area contributed by atoms with Gasteiger partial charge in [0.05, 0.1) is 7.05 Å². The minimum absolute atomic E-state index is 0.0684. The molecule has 0 heterocycles. The molecular formula is C20H23F2N2O3+. The van der Waals surface area contributed by atoms with Crippen LogP contribution in [0.3, 0.4) is 0 Å². The number of quaternary nitrogens is 1. The van der Waals surface area contributed by atoms with Crippen LogP contribution in [0.15, 0.2) is 48.5 Å². The molecule has 0 bridgehead atoms. The van der Waals surface area contributed by atoms with Gasteiger partial charge in [-0.3, -0.25) is 9.59 Å². The van der Waals surface area contributed by atoms with Crippen LogP contribution in [0, 0.1) is 0 Å². The number of Topliss-reactive ketones (excluding diaryl/α,β-unsaturated/α-hetero) is 1. The van der Waals surface area contributed by atoms with Crippen LogP contribution in [0.5, 0.6) is 5.75 Å². The molecule has 0 fully saturated rings. The van der Waals surface area contributed by atoms with Crippen LogP contribution < -0.4 is 15.0 Å². The molecule has 0 radical (unpaired) electrons. The fraction of sp³-hybridized carbons (Fsp3) is 0.300. The molecule has 0 spiro atoms. The number of halogens is 2. The number of alkyl halides is 2. The number of benzene rings is 2. The zero-order valence-corrected chi connectivity index (χ0v) is 15.5. The topological polar surface area (TPSA) is 59.8 Å². The number of hydrogen-bond acceptors (Lipinski definition) is 3. The third-order valence-electron chi connectivity index (χ3n) is 4.30.